The van der Waals surface area contributed by atoms with Crippen LogP contribution < -0.4 is 0 Å². The molecule has 0 saturated heterocycles. The molecular formula is C13H26. The summed E-state index contributed by atoms with van der Waals surface area (Å²) in [5.74, 6) is 3.95. The zero-order valence-electron chi connectivity index (χ0n) is 9.84. The molecule has 0 aromatic heterocycles. The van der Waals surface area contributed by atoms with Crippen molar-refractivity contribution in [2.45, 2.75) is 59.8 Å². The van der Waals surface area contributed by atoms with E-state index in [9.17, 15) is 0 Å². The van der Waals surface area contributed by atoms with Crippen LogP contribution in [0, 0.1) is 23.7 Å². The van der Waals surface area contributed by atoms with Crippen LogP contribution in [-0.4, -0.2) is 0 Å². The minimum Gasteiger partial charge on any atom is -0.0654 e. The fourth-order valence-electron chi connectivity index (χ4n) is 2.82. The lowest BCUT2D eigenvalue weighted by Gasteiger charge is -2.37. The molecule has 0 aliphatic heterocycles. The van der Waals surface area contributed by atoms with Crippen LogP contribution in [0.1, 0.15) is 59.8 Å². The molecule has 78 valence electrons. The molecule has 0 heterocycles. The summed E-state index contributed by atoms with van der Waals surface area (Å²) in [6.07, 6.45) is 7.25. The molecule has 0 heteroatoms. The first-order chi connectivity index (χ1) is 6.15. The molecule has 4 unspecified atom stereocenters. The lowest BCUT2D eigenvalue weighted by Crippen LogP contribution is -2.27. The summed E-state index contributed by atoms with van der Waals surface area (Å²) < 4.78 is 0. The normalized spacial score (nSPS) is 40.6. The summed E-state index contributed by atoms with van der Waals surface area (Å²) in [6.45, 7) is 9.63. The zero-order chi connectivity index (χ0) is 9.84. The van der Waals surface area contributed by atoms with Gasteiger partial charge in [0.05, 0.1) is 0 Å². The molecule has 1 saturated carbocycles. The lowest BCUT2D eigenvalue weighted by molar-refractivity contribution is 0.135. The van der Waals surface area contributed by atoms with Gasteiger partial charge in [-0.1, -0.05) is 47.0 Å². The van der Waals surface area contributed by atoms with Crippen molar-refractivity contribution in [2.75, 3.05) is 0 Å². The Morgan fingerprint density at radius 1 is 0.923 bits per heavy atom. The molecule has 0 spiro atoms. The molecule has 1 rings (SSSR count). The van der Waals surface area contributed by atoms with Crippen LogP contribution in [0.4, 0.5) is 0 Å². The van der Waals surface area contributed by atoms with Crippen LogP contribution in [0.25, 0.3) is 0 Å². The van der Waals surface area contributed by atoms with E-state index < -0.39 is 0 Å². The van der Waals surface area contributed by atoms with Crippen LogP contribution in [-0.2, 0) is 0 Å². The highest BCUT2D eigenvalue weighted by Crippen LogP contribution is 2.39. The Morgan fingerprint density at radius 2 is 1.54 bits per heavy atom. The average molecular weight is 182 g/mol. The highest BCUT2D eigenvalue weighted by molar-refractivity contribution is 4.79. The van der Waals surface area contributed by atoms with Crippen molar-refractivity contribution in [2.24, 2.45) is 23.7 Å². The topological polar surface area (TPSA) is 0 Å². The third-order valence-electron chi connectivity index (χ3n) is 4.12. The second-order valence-corrected chi connectivity index (χ2v) is 5.31. The minimum absolute atomic E-state index is 0.966. The van der Waals surface area contributed by atoms with Crippen LogP contribution in [0.15, 0.2) is 0 Å². The highest BCUT2D eigenvalue weighted by atomic mass is 14.3. The SMILES string of the molecule is CCCCC1CC(C)C(C)CC1C. The van der Waals surface area contributed by atoms with E-state index in [4.69, 9.17) is 0 Å². The van der Waals surface area contributed by atoms with E-state index in [1.807, 2.05) is 0 Å². The van der Waals surface area contributed by atoms with E-state index in [1.54, 1.807) is 0 Å². The van der Waals surface area contributed by atoms with Crippen molar-refractivity contribution in [3.05, 3.63) is 0 Å². The van der Waals surface area contributed by atoms with Crippen molar-refractivity contribution in [1.82, 2.24) is 0 Å². The molecule has 0 bridgehead atoms. The van der Waals surface area contributed by atoms with Gasteiger partial charge >= 0.3 is 0 Å². The molecule has 13 heavy (non-hydrogen) atoms. The van der Waals surface area contributed by atoms with E-state index in [0.29, 0.717) is 0 Å². The van der Waals surface area contributed by atoms with Gasteiger partial charge in [0, 0.05) is 0 Å². The van der Waals surface area contributed by atoms with Crippen LogP contribution in [0.3, 0.4) is 0 Å². The van der Waals surface area contributed by atoms with Gasteiger partial charge in [0.25, 0.3) is 0 Å². The van der Waals surface area contributed by atoms with Crippen molar-refractivity contribution < 1.29 is 0 Å². The predicted molar refractivity (Wildman–Crippen MR) is 59.7 cm³/mol. The molecular weight excluding hydrogens is 156 g/mol. The Labute approximate surface area is 84.1 Å². The summed E-state index contributed by atoms with van der Waals surface area (Å²) in [6, 6.07) is 0. The molecule has 0 aromatic carbocycles. The standard InChI is InChI=1S/C13H26/c1-5-6-7-13-9-11(3)10(2)8-12(13)4/h10-13H,5-9H2,1-4H3. The van der Waals surface area contributed by atoms with Crippen LogP contribution in [0.5, 0.6) is 0 Å². The highest BCUT2D eigenvalue weighted by Gasteiger charge is 2.29. The van der Waals surface area contributed by atoms with E-state index in [1.165, 1.54) is 32.1 Å². The van der Waals surface area contributed by atoms with E-state index in [-0.39, 0.29) is 0 Å². The summed E-state index contributed by atoms with van der Waals surface area (Å²) in [7, 11) is 0. The maximum atomic E-state index is 2.46. The van der Waals surface area contributed by atoms with Gasteiger partial charge in [-0.15, -0.1) is 0 Å². The van der Waals surface area contributed by atoms with Crippen molar-refractivity contribution >= 4 is 0 Å². The molecule has 0 amide bonds. The summed E-state index contributed by atoms with van der Waals surface area (Å²) in [5.41, 5.74) is 0. The maximum absolute atomic E-state index is 2.46. The summed E-state index contributed by atoms with van der Waals surface area (Å²) >= 11 is 0. The van der Waals surface area contributed by atoms with Gasteiger partial charge in [-0.05, 0) is 36.5 Å². The van der Waals surface area contributed by atoms with Gasteiger partial charge in [0.15, 0.2) is 0 Å². The van der Waals surface area contributed by atoms with Gasteiger partial charge in [0.2, 0.25) is 0 Å². The smallest absolute Gasteiger partial charge is 0.0386 e. The Morgan fingerprint density at radius 3 is 2.15 bits per heavy atom. The summed E-state index contributed by atoms with van der Waals surface area (Å²) in [4.78, 5) is 0. The second kappa shape index (κ2) is 5.02. The second-order valence-electron chi connectivity index (χ2n) is 5.31. The molecule has 0 N–H and O–H groups in total. The largest absolute Gasteiger partial charge is 0.0654 e. The van der Waals surface area contributed by atoms with Crippen LogP contribution >= 0.6 is 0 Å². The first-order valence-corrected chi connectivity index (χ1v) is 6.15. The molecule has 0 nitrogen and oxygen atoms in total. The Bertz CT molecular complexity index is 139. The van der Waals surface area contributed by atoms with Crippen molar-refractivity contribution in [1.29, 1.82) is 0 Å². The Hall–Kier alpha value is 0. The van der Waals surface area contributed by atoms with Gasteiger partial charge in [-0.2, -0.15) is 0 Å². The van der Waals surface area contributed by atoms with Crippen molar-refractivity contribution in [3.63, 3.8) is 0 Å². The number of unbranched alkanes of at least 4 members (excludes halogenated alkanes) is 1. The predicted octanol–water partition coefficient (Wildman–Crippen LogP) is 4.49. The Balaban J connectivity index is 2.37. The lowest BCUT2D eigenvalue weighted by atomic mass is 9.69. The van der Waals surface area contributed by atoms with Gasteiger partial charge in [-0.3, -0.25) is 0 Å². The molecule has 4 atom stereocenters. The Kier molecular flexibility index (Phi) is 4.28. The van der Waals surface area contributed by atoms with Gasteiger partial charge in [0.1, 0.15) is 0 Å². The number of rotatable bonds is 3. The maximum Gasteiger partial charge on any atom is -0.0386 e. The number of hydrogen-bond donors (Lipinski definition) is 0. The van der Waals surface area contributed by atoms with Gasteiger partial charge in [-0.25, -0.2) is 0 Å². The van der Waals surface area contributed by atoms with Crippen LogP contribution in [0.2, 0.25) is 0 Å². The zero-order valence-corrected chi connectivity index (χ0v) is 9.84. The number of hydrogen-bond acceptors (Lipinski definition) is 0. The van der Waals surface area contributed by atoms with E-state index in [0.717, 1.165) is 23.7 Å². The fourth-order valence-corrected chi connectivity index (χ4v) is 2.82. The van der Waals surface area contributed by atoms with E-state index >= 15 is 0 Å². The fraction of sp³-hybridized carbons (Fsp3) is 1.00. The van der Waals surface area contributed by atoms with E-state index in [2.05, 4.69) is 27.7 Å². The summed E-state index contributed by atoms with van der Waals surface area (Å²) in [5, 5.41) is 0. The third kappa shape index (κ3) is 3.00. The third-order valence-corrected chi connectivity index (χ3v) is 4.12. The van der Waals surface area contributed by atoms with Gasteiger partial charge < -0.3 is 0 Å². The monoisotopic (exact) mass is 182 g/mol. The average Bonchev–Trinajstić information content (AvgIpc) is 2.09. The minimum atomic E-state index is 0.966. The molecule has 1 aliphatic carbocycles. The quantitative estimate of drug-likeness (QED) is 0.603. The molecule has 0 aromatic rings. The molecule has 0 radical (unpaired) electrons. The molecule has 1 aliphatic rings. The first-order valence-electron chi connectivity index (χ1n) is 6.15. The first kappa shape index (κ1) is 11.1. The molecule has 1 fully saturated rings. The van der Waals surface area contributed by atoms with Crippen molar-refractivity contribution in [3.8, 4) is 0 Å².